The lowest BCUT2D eigenvalue weighted by atomic mass is 10.1. The molecule has 0 saturated carbocycles. The number of hydrogen-bond acceptors (Lipinski definition) is 3. The van der Waals surface area contributed by atoms with E-state index in [0.29, 0.717) is 25.7 Å². The Morgan fingerprint density at radius 2 is 2.07 bits per heavy atom. The van der Waals surface area contributed by atoms with E-state index in [0.717, 1.165) is 12.8 Å². The van der Waals surface area contributed by atoms with Crippen LogP contribution in [-0.4, -0.2) is 44.2 Å². The van der Waals surface area contributed by atoms with Crippen LogP contribution in [0.2, 0.25) is 0 Å². The average Bonchev–Trinajstić information content (AvgIpc) is 2.27. The van der Waals surface area contributed by atoms with Crippen LogP contribution in [0.1, 0.15) is 19.8 Å². The number of piperidine rings is 1. The standard InChI is InChI=1S/C10H18N2O2S/c1-3-7-11-10-5-8-12(9-6-10)15(13,14)4-2/h1,10-11H,4-9H2,2H3. The monoisotopic (exact) mass is 230 g/mol. The zero-order chi connectivity index (χ0) is 11.3. The van der Waals surface area contributed by atoms with Crippen molar-refractivity contribution >= 4 is 10.0 Å². The summed E-state index contributed by atoms with van der Waals surface area (Å²) in [4.78, 5) is 0. The van der Waals surface area contributed by atoms with Gasteiger partial charge in [-0.15, -0.1) is 6.42 Å². The first-order valence-corrected chi connectivity index (χ1v) is 6.85. The third-order valence-corrected chi connectivity index (χ3v) is 4.59. The number of rotatable bonds is 4. The predicted octanol–water partition coefficient (Wildman–Crippen LogP) is 0.0233. The zero-order valence-electron chi connectivity index (χ0n) is 9.07. The molecule has 86 valence electrons. The Morgan fingerprint density at radius 3 is 2.53 bits per heavy atom. The summed E-state index contributed by atoms with van der Waals surface area (Å²) in [5.41, 5.74) is 0. The molecule has 1 N–H and O–H groups in total. The highest BCUT2D eigenvalue weighted by molar-refractivity contribution is 7.89. The highest BCUT2D eigenvalue weighted by Gasteiger charge is 2.25. The fraction of sp³-hybridized carbons (Fsp3) is 0.800. The van der Waals surface area contributed by atoms with E-state index in [9.17, 15) is 8.42 Å². The van der Waals surface area contributed by atoms with Gasteiger partial charge in [0.1, 0.15) is 0 Å². The van der Waals surface area contributed by atoms with E-state index in [1.807, 2.05) is 0 Å². The maximum Gasteiger partial charge on any atom is 0.213 e. The Bertz CT molecular complexity index is 324. The summed E-state index contributed by atoms with van der Waals surface area (Å²) in [5.74, 6) is 2.71. The molecule has 0 aromatic carbocycles. The number of hydrogen-bond donors (Lipinski definition) is 1. The van der Waals surface area contributed by atoms with Gasteiger partial charge in [0, 0.05) is 19.1 Å². The SMILES string of the molecule is C#CCNC1CCN(S(=O)(=O)CC)CC1. The maximum absolute atomic E-state index is 11.5. The molecule has 0 aromatic heterocycles. The molecule has 1 fully saturated rings. The number of nitrogens with zero attached hydrogens (tertiary/aromatic N) is 1. The van der Waals surface area contributed by atoms with Gasteiger partial charge in [-0.3, -0.25) is 0 Å². The van der Waals surface area contributed by atoms with Gasteiger partial charge in [-0.1, -0.05) is 5.92 Å². The van der Waals surface area contributed by atoms with Gasteiger partial charge in [0.05, 0.1) is 12.3 Å². The van der Waals surface area contributed by atoms with E-state index < -0.39 is 10.0 Å². The molecular weight excluding hydrogens is 212 g/mol. The highest BCUT2D eigenvalue weighted by Crippen LogP contribution is 2.13. The van der Waals surface area contributed by atoms with Crippen molar-refractivity contribution in [2.45, 2.75) is 25.8 Å². The van der Waals surface area contributed by atoms with Gasteiger partial charge in [0.15, 0.2) is 0 Å². The Kier molecular flexibility index (Phi) is 4.58. The summed E-state index contributed by atoms with van der Waals surface area (Å²) in [6.45, 7) is 3.46. The molecule has 0 spiro atoms. The summed E-state index contributed by atoms with van der Waals surface area (Å²) in [5, 5.41) is 3.20. The van der Waals surface area contributed by atoms with Crippen molar-refractivity contribution in [3.8, 4) is 12.3 Å². The summed E-state index contributed by atoms with van der Waals surface area (Å²) >= 11 is 0. The second-order valence-electron chi connectivity index (χ2n) is 3.66. The minimum Gasteiger partial charge on any atom is -0.303 e. The minimum absolute atomic E-state index is 0.190. The van der Waals surface area contributed by atoms with E-state index >= 15 is 0 Å². The molecule has 1 aliphatic rings. The molecule has 1 aliphatic heterocycles. The fourth-order valence-electron chi connectivity index (χ4n) is 1.72. The predicted molar refractivity (Wildman–Crippen MR) is 60.9 cm³/mol. The Morgan fingerprint density at radius 1 is 1.47 bits per heavy atom. The van der Waals surface area contributed by atoms with E-state index in [1.165, 1.54) is 0 Å². The molecule has 0 atom stereocenters. The lowest BCUT2D eigenvalue weighted by Crippen LogP contribution is -2.45. The van der Waals surface area contributed by atoms with E-state index in [2.05, 4.69) is 11.2 Å². The van der Waals surface area contributed by atoms with Gasteiger partial charge >= 0.3 is 0 Å². The summed E-state index contributed by atoms with van der Waals surface area (Å²) in [6.07, 6.45) is 6.84. The molecule has 15 heavy (non-hydrogen) atoms. The molecule has 0 aromatic rings. The molecule has 0 unspecified atom stereocenters. The van der Waals surface area contributed by atoms with Crippen LogP contribution < -0.4 is 5.32 Å². The van der Waals surface area contributed by atoms with Gasteiger partial charge in [0.25, 0.3) is 0 Å². The normalized spacial score (nSPS) is 20.0. The lowest BCUT2D eigenvalue weighted by molar-refractivity contribution is 0.295. The Balaban J connectivity index is 2.40. The van der Waals surface area contributed by atoms with Crippen molar-refractivity contribution < 1.29 is 8.42 Å². The van der Waals surface area contributed by atoms with Crippen molar-refractivity contribution in [2.75, 3.05) is 25.4 Å². The van der Waals surface area contributed by atoms with Gasteiger partial charge in [0.2, 0.25) is 10.0 Å². The molecule has 1 heterocycles. The number of terminal acetylenes is 1. The summed E-state index contributed by atoms with van der Waals surface area (Å²) < 4.78 is 24.7. The fourth-order valence-corrected chi connectivity index (χ4v) is 2.86. The largest absolute Gasteiger partial charge is 0.303 e. The number of nitrogens with one attached hydrogen (secondary N) is 1. The molecule has 1 saturated heterocycles. The van der Waals surface area contributed by atoms with Crippen molar-refractivity contribution in [3.05, 3.63) is 0 Å². The van der Waals surface area contributed by atoms with Crippen molar-refractivity contribution in [1.29, 1.82) is 0 Å². The minimum atomic E-state index is -3.00. The second kappa shape index (κ2) is 5.50. The summed E-state index contributed by atoms with van der Waals surface area (Å²) in [6, 6.07) is 0.365. The third-order valence-electron chi connectivity index (χ3n) is 2.70. The van der Waals surface area contributed by atoms with E-state index in [1.54, 1.807) is 11.2 Å². The average molecular weight is 230 g/mol. The van der Waals surface area contributed by atoms with Crippen LogP contribution in [0.25, 0.3) is 0 Å². The molecule has 0 aliphatic carbocycles. The first kappa shape index (κ1) is 12.5. The van der Waals surface area contributed by atoms with Crippen LogP contribution in [0, 0.1) is 12.3 Å². The molecular formula is C10H18N2O2S. The van der Waals surface area contributed by atoms with Crippen molar-refractivity contribution in [3.63, 3.8) is 0 Å². The second-order valence-corrected chi connectivity index (χ2v) is 5.92. The molecule has 0 amide bonds. The molecule has 4 nitrogen and oxygen atoms in total. The van der Waals surface area contributed by atoms with Crippen LogP contribution in [0.5, 0.6) is 0 Å². The van der Waals surface area contributed by atoms with Crippen LogP contribution in [0.3, 0.4) is 0 Å². The first-order valence-electron chi connectivity index (χ1n) is 5.25. The number of sulfonamides is 1. The van der Waals surface area contributed by atoms with Gasteiger partial charge in [-0.2, -0.15) is 0 Å². The zero-order valence-corrected chi connectivity index (χ0v) is 9.89. The van der Waals surface area contributed by atoms with Gasteiger partial charge in [-0.25, -0.2) is 12.7 Å². The van der Waals surface area contributed by atoms with Crippen LogP contribution in [-0.2, 0) is 10.0 Å². The van der Waals surface area contributed by atoms with Crippen LogP contribution >= 0.6 is 0 Å². The van der Waals surface area contributed by atoms with Gasteiger partial charge in [-0.05, 0) is 19.8 Å². The topological polar surface area (TPSA) is 49.4 Å². The molecule has 5 heteroatoms. The summed E-state index contributed by atoms with van der Waals surface area (Å²) in [7, 11) is -3.00. The van der Waals surface area contributed by atoms with Crippen molar-refractivity contribution in [2.24, 2.45) is 0 Å². The van der Waals surface area contributed by atoms with Crippen LogP contribution in [0.15, 0.2) is 0 Å². The lowest BCUT2D eigenvalue weighted by Gasteiger charge is -2.31. The smallest absolute Gasteiger partial charge is 0.213 e. The highest BCUT2D eigenvalue weighted by atomic mass is 32.2. The van der Waals surface area contributed by atoms with Gasteiger partial charge < -0.3 is 5.32 Å². The Hall–Kier alpha value is -0.570. The molecule has 0 radical (unpaired) electrons. The van der Waals surface area contributed by atoms with Crippen LogP contribution in [0.4, 0.5) is 0 Å². The third kappa shape index (κ3) is 3.49. The maximum atomic E-state index is 11.5. The molecule has 0 bridgehead atoms. The van der Waals surface area contributed by atoms with Crippen molar-refractivity contribution in [1.82, 2.24) is 9.62 Å². The molecule has 1 rings (SSSR count). The first-order chi connectivity index (χ1) is 7.10. The van der Waals surface area contributed by atoms with E-state index in [-0.39, 0.29) is 5.75 Å². The quantitative estimate of drug-likeness (QED) is 0.693. The van der Waals surface area contributed by atoms with E-state index in [4.69, 9.17) is 6.42 Å². The Labute approximate surface area is 92.1 Å².